The lowest BCUT2D eigenvalue weighted by Gasteiger charge is -2.31. The lowest BCUT2D eigenvalue weighted by Crippen LogP contribution is -2.36. The summed E-state index contributed by atoms with van der Waals surface area (Å²) < 4.78 is 0. The highest BCUT2D eigenvalue weighted by atomic mass is 16.3. The van der Waals surface area contributed by atoms with E-state index in [1.807, 2.05) is 39.8 Å². The van der Waals surface area contributed by atoms with Crippen LogP contribution in [0.3, 0.4) is 0 Å². The maximum Gasteiger partial charge on any atom is 0.229 e. The van der Waals surface area contributed by atoms with E-state index in [0.717, 1.165) is 24.8 Å². The standard InChI is InChI=1S/C20H30N2O3/c1-14-8-9-15(21-18(24)19(2,3)4)12-16(14)22-17(23)13-20(25)10-6-5-7-11-20/h8-9,12,25H,5-7,10-11,13H2,1-4H3,(H,21,24)(H,22,23). The molecule has 1 aliphatic rings. The van der Waals surface area contributed by atoms with Crippen LogP contribution in [-0.4, -0.2) is 22.5 Å². The number of hydrogen-bond acceptors (Lipinski definition) is 3. The van der Waals surface area contributed by atoms with Crippen molar-refractivity contribution in [3.63, 3.8) is 0 Å². The molecule has 1 aromatic carbocycles. The summed E-state index contributed by atoms with van der Waals surface area (Å²) in [4.78, 5) is 24.5. The number of nitrogens with one attached hydrogen (secondary N) is 2. The first-order valence-electron chi connectivity index (χ1n) is 9.03. The smallest absolute Gasteiger partial charge is 0.229 e. The van der Waals surface area contributed by atoms with Gasteiger partial charge in [0.25, 0.3) is 0 Å². The van der Waals surface area contributed by atoms with Gasteiger partial charge in [-0.15, -0.1) is 0 Å². The molecule has 0 atom stereocenters. The van der Waals surface area contributed by atoms with E-state index in [1.54, 1.807) is 6.07 Å². The maximum absolute atomic E-state index is 12.4. The number of benzene rings is 1. The number of amides is 2. The Morgan fingerprint density at radius 1 is 1.12 bits per heavy atom. The van der Waals surface area contributed by atoms with Crippen molar-refractivity contribution in [1.82, 2.24) is 0 Å². The van der Waals surface area contributed by atoms with Crippen molar-refractivity contribution >= 4 is 23.2 Å². The normalized spacial score (nSPS) is 17.0. The zero-order valence-corrected chi connectivity index (χ0v) is 15.7. The molecule has 2 rings (SSSR count). The molecule has 0 spiro atoms. The fraction of sp³-hybridized carbons (Fsp3) is 0.600. The number of anilines is 2. The van der Waals surface area contributed by atoms with Crippen LogP contribution in [0, 0.1) is 12.3 Å². The second kappa shape index (κ2) is 7.56. The molecule has 5 heteroatoms. The quantitative estimate of drug-likeness (QED) is 0.771. The topological polar surface area (TPSA) is 78.4 Å². The van der Waals surface area contributed by atoms with Gasteiger partial charge in [-0.2, -0.15) is 0 Å². The molecule has 0 unspecified atom stereocenters. The van der Waals surface area contributed by atoms with E-state index in [-0.39, 0.29) is 18.2 Å². The molecule has 1 aromatic rings. The zero-order valence-electron chi connectivity index (χ0n) is 15.7. The van der Waals surface area contributed by atoms with Crippen molar-refractivity contribution in [3.8, 4) is 0 Å². The monoisotopic (exact) mass is 346 g/mol. The number of aryl methyl sites for hydroxylation is 1. The maximum atomic E-state index is 12.4. The molecule has 0 radical (unpaired) electrons. The molecule has 0 aliphatic heterocycles. The summed E-state index contributed by atoms with van der Waals surface area (Å²) in [7, 11) is 0. The van der Waals surface area contributed by atoms with Gasteiger partial charge in [0.2, 0.25) is 11.8 Å². The molecule has 3 N–H and O–H groups in total. The minimum absolute atomic E-state index is 0.0786. The highest BCUT2D eigenvalue weighted by Crippen LogP contribution is 2.31. The third kappa shape index (κ3) is 5.56. The molecule has 138 valence electrons. The molecule has 1 aliphatic carbocycles. The van der Waals surface area contributed by atoms with E-state index in [0.29, 0.717) is 24.2 Å². The summed E-state index contributed by atoms with van der Waals surface area (Å²) in [5, 5.41) is 16.3. The Labute approximate surface area is 150 Å². The first kappa shape index (κ1) is 19.4. The summed E-state index contributed by atoms with van der Waals surface area (Å²) >= 11 is 0. The van der Waals surface area contributed by atoms with Gasteiger partial charge in [0.05, 0.1) is 12.0 Å². The summed E-state index contributed by atoms with van der Waals surface area (Å²) in [6.45, 7) is 7.46. The molecule has 0 aromatic heterocycles. The average molecular weight is 346 g/mol. The summed E-state index contributed by atoms with van der Waals surface area (Å²) in [5.41, 5.74) is 0.860. The van der Waals surface area contributed by atoms with Gasteiger partial charge in [0.15, 0.2) is 0 Å². The van der Waals surface area contributed by atoms with Gasteiger partial charge in [-0.1, -0.05) is 46.1 Å². The number of hydrogen-bond donors (Lipinski definition) is 3. The highest BCUT2D eigenvalue weighted by Gasteiger charge is 2.31. The molecule has 0 bridgehead atoms. The number of carbonyl (C=O) groups is 2. The Morgan fingerprint density at radius 2 is 1.76 bits per heavy atom. The first-order valence-corrected chi connectivity index (χ1v) is 9.03. The number of aliphatic hydroxyl groups is 1. The molecule has 2 amide bonds. The second-order valence-corrected chi connectivity index (χ2v) is 8.24. The van der Waals surface area contributed by atoms with Crippen molar-refractivity contribution < 1.29 is 14.7 Å². The fourth-order valence-corrected chi connectivity index (χ4v) is 3.03. The molecule has 0 heterocycles. The van der Waals surface area contributed by atoms with Crippen molar-refractivity contribution in [1.29, 1.82) is 0 Å². The predicted octanol–water partition coefficient (Wildman–Crippen LogP) is 4.00. The minimum Gasteiger partial charge on any atom is -0.389 e. The summed E-state index contributed by atoms with van der Waals surface area (Å²) in [6.07, 6.45) is 4.54. The van der Waals surface area contributed by atoms with Crippen LogP contribution in [0.4, 0.5) is 11.4 Å². The van der Waals surface area contributed by atoms with E-state index in [4.69, 9.17) is 0 Å². The van der Waals surface area contributed by atoms with Crippen LogP contribution in [0.15, 0.2) is 18.2 Å². The van der Waals surface area contributed by atoms with Gasteiger partial charge >= 0.3 is 0 Å². The van der Waals surface area contributed by atoms with E-state index in [9.17, 15) is 14.7 Å². The Morgan fingerprint density at radius 3 is 2.36 bits per heavy atom. The Balaban J connectivity index is 2.04. The Bertz CT molecular complexity index is 641. The zero-order chi connectivity index (χ0) is 18.7. The van der Waals surface area contributed by atoms with Gasteiger partial charge in [0, 0.05) is 16.8 Å². The van der Waals surface area contributed by atoms with E-state index >= 15 is 0 Å². The molecule has 1 fully saturated rings. The van der Waals surface area contributed by atoms with E-state index in [2.05, 4.69) is 10.6 Å². The van der Waals surface area contributed by atoms with Gasteiger partial charge in [-0.25, -0.2) is 0 Å². The third-order valence-electron chi connectivity index (χ3n) is 4.72. The van der Waals surface area contributed by atoms with Gasteiger partial charge in [0.1, 0.15) is 0 Å². The van der Waals surface area contributed by atoms with Gasteiger partial charge < -0.3 is 15.7 Å². The van der Waals surface area contributed by atoms with Crippen molar-refractivity contribution in [2.75, 3.05) is 10.6 Å². The molecule has 0 saturated heterocycles. The first-order chi connectivity index (χ1) is 11.6. The SMILES string of the molecule is Cc1ccc(NC(=O)C(C)(C)C)cc1NC(=O)CC1(O)CCCCC1. The van der Waals surface area contributed by atoms with Crippen LogP contribution < -0.4 is 10.6 Å². The minimum atomic E-state index is -0.881. The van der Waals surface area contributed by atoms with E-state index < -0.39 is 11.0 Å². The van der Waals surface area contributed by atoms with Crippen molar-refractivity contribution in [2.24, 2.45) is 5.41 Å². The summed E-state index contributed by atoms with van der Waals surface area (Å²) in [6, 6.07) is 5.45. The van der Waals surface area contributed by atoms with Crippen LogP contribution in [0.25, 0.3) is 0 Å². The molecule has 5 nitrogen and oxygen atoms in total. The molecule has 25 heavy (non-hydrogen) atoms. The lowest BCUT2D eigenvalue weighted by atomic mass is 9.82. The number of rotatable bonds is 4. The van der Waals surface area contributed by atoms with Crippen molar-refractivity contribution in [3.05, 3.63) is 23.8 Å². The van der Waals surface area contributed by atoms with Crippen LogP contribution in [-0.2, 0) is 9.59 Å². The third-order valence-corrected chi connectivity index (χ3v) is 4.72. The molecular formula is C20H30N2O3. The lowest BCUT2D eigenvalue weighted by molar-refractivity contribution is -0.123. The predicted molar refractivity (Wildman–Crippen MR) is 101 cm³/mol. The van der Waals surface area contributed by atoms with Gasteiger partial charge in [-0.3, -0.25) is 9.59 Å². The Hall–Kier alpha value is -1.88. The second-order valence-electron chi connectivity index (χ2n) is 8.24. The Kier molecular flexibility index (Phi) is 5.88. The van der Waals surface area contributed by atoms with Crippen molar-refractivity contribution in [2.45, 2.75) is 71.8 Å². The molecular weight excluding hydrogens is 316 g/mol. The van der Waals surface area contributed by atoms with Crippen LogP contribution in [0.2, 0.25) is 0 Å². The van der Waals surface area contributed by atoms with Crippen LogP contribution >= 0.6 is 0 Å². The van der Waals surface area contributed by atoms with Gasteiger partial charge in [-0.05, 0) is 37.5 Å². The highest BCUT2D eigenvalue weighted by molar-refractivity contribution is 5.96. The van der Waals surface area contributed by atoms with E-state index in [1.165, 1.54) is 0 Å². The molecule has 1 saturated carbocycles. The van der Waals surface area contributed by atoms with Crippen LogP contribution in [0.1, 0.15) is 64.9 Å². The number of carbonyl (C=O) groups excluding carboxylic acids is 2. The average Bonchev–Trinajstić information content (AvgIpc) is 2.49. The van der Waals surface area contributed by atoms with Crippen LogP contribution in [0.5, 0.6) is 0 Å². The largest absolute Gasteiger partial charge is 0.389 e. The summed E-state index contributed by atoms with van der Waals surface area (Å²) in [5.74, 6) is -0.267. The fourth-order valence-electron chi connectivity index (χ4n) is 3.03.